The minimum absolute atomic E-state index is 0.00464. The van der Waals surface area contributed by atoms with E-state index in [1.54, 1.807) is 55.6 Å². The molecule has 3 heterocycles. The van der Waals surface area contributed by atoms with E-state index >= 15 is 4.39 Å². The van der Waals surface area contributed by atoms with Crippen molar-refractivity contribution in [3.63, 3.8) is 0 Å². The van der Waals surface area contributed by atoms with Crippen LogP contribution in [0.3, 0.4) is 0 Å². The number of rotatable bonds is 12. The van der Waals surface area contributed by atoms with Crippen molar-refractivity contribution in [3.8, 4) is 0 Å². The second-order valence-electron chi connectivity index (χ2n) is 18.5. The minimum Gasteiger partial charge on any atom is -0.466 e. The first kappa shape index (κ1) is 53.0. The van der Waals surface area contributed by atoms with Crippen molar-refractivity contribution < 1.29 is 81.9 Å². The Balaban J connectivity index is 2.25. The number of likely N-dealkylation sites (N-methyl/N-ethyl adjacent to an activating group) is 1. The van der Waals surface area contributed by atoms with Crippen molar-refractivity contribution in [2.75, 3.05) is 27.8 Å². The van der Waals surface area contributed by atoms with E-state index in [0.717, 1.165) is 6.92 Å². The lowest BCUT2D eigenvalue weighted by Gasteiger charge is -2.49. The Labute approximate surface area is 360 Å². The Morgan fingerprint density at radius 1 is 0.885 bits per heavy atom. The minimum atomic E-state index is -2.85. The molecule has 18 heteroatoms. The number of halogens is 1. The molecule has 3 saturated heterocycles. The van der Waals surface area contributed by atoms with Gasteiger partial charge in [0.1, 0.15) is 17.8 Å². The largest absolute Gasteiger partial charge is 0.466 e. The van der Waals surface area contributed by atoms with E-state index in [4.69, 9.17) is 37.9 Å². The molecule has 3 rings (SSSR count). The van der Waals surface area contributed by atoms with E-state index in [1.165, 1.54) is 34.8 Å². The summed E-state index contributed by atoms with van der Waals surface area (Å²) >= 11 is 0. The second kappa shape index (κ2) is 21.1. The van der Waals surface area contributed by atoms with E-state index in [9.17, 15) is 39.6 Å². The predicted molar refractivity (Wildman–Crippen MR) is 216 cm³/mol. The fraction of sp³-hybridized carbons (Fsp3) is 0.907. The zero-order valence-electron chi connectivity index (χ0n) is 38.5. The highest BCUT2D eigenvalue weighted by Crippen LogP contribution is 2.42. The van der Waals surface area contributed by atoms with Gasteiger partial charge in [0.25, 0.3) is 0 Å². The molecule has 17 nitrogen and oxygen atoms in total. The maximum absolute atomic E-state index is 17.1. The first-order valence-electron chi connectivity index (χ1n) is 21.5. The van der Waals surface area contributed by atoms with Crippen LogP contribution in [0, 0.1) is 17.8 Å². The summed E-state index contributed by atoms with van der Waals surface area (Å²) < 4.78 is 65.4. The summed E-state index contributed by atoms with van der Waals surface area (Å²) in [6.45, 7) is 16.2. The van der Waals surface area contributed by atoms with Crippen LogP contribution < -0.4 is 0 Å². The zero-order chi connectivity index (χ0) is 46.6. The summed E-state index contributed by atoms with van der Waals surface area (Å²) in [5.41, 5.74) is -8.56. The fourth-order valence-corrected chi connectivity index (χ4v) is 9.21. The molecule has 0 aliphatic carbocycles. The molecule has 0 aromatic carbocycles. The number of carbonyl (C=O) groups is 4. The number of ketones is 1. The number of methoxy groups -OCH3 is 1. The molecule has 4 N–H and O–H groups in total. The predicted octanol–water partition coefficient (Wildman–Crippen LogP) is 2.77. The molecular formula is C43H74FNO16. The standard InChI is InChI=1S/C43H74FNO16/c1-15-28-43(11,53)35(49)25(6)34(48)40(8,44)21-41(9,52)37(23(4)32(24(5)38(51)58-28)60-31-20-42(10,54-14)36(50)26(7)57-31)61-39-33(27(45(12)13)19-22(3)56-39)59-30(47)18-17-29(46)55-16-2/h22-28,31-33,35-37,39,49-50,52-53H,15-21H2,1-14H3/t22-,23+,24-,25-,26+,27+,28-,31-,32+,33+,35+,36-,37+,39+,40-,41-,42-,43+/m1/s1. The first-order valence-corrected chi connectivity index (χ1v) is 21.5. The average molecular weight is 880 g/mol. The van der Waals surface area contributed by atoms with Gasteiger partial charge < -0.3 is 63.2 Å². The molecule has 0 spiro atoms. The third-order valence-electron chi connectivity index (χ3n) is 12.9. The number of cyclic esters (lactones) is 1. The van der Waals surface area contributed by atoms with Gasteiger partial charge in [-0.25, -0.2) is 4.39 Å². The van der Waals surface area contributed by atoms with Crippen LogP contribution >= 0.6 is 0 Å². The number of carbonyl (C=O) groups excluding carboxylic acids is 4. The van der Waals surface area contributed by atoms with E-state index in [0.29, 0.717) is 6.42 Å². The van der Waals surface area contributed by atoms with Crippen molar-refractivity contribution in [3.05, 3.63) is 0 Å². The molecule has 0 aromatic heterocycles. The number of Topliss-reactive ketones (excluding diaryl/α,β-unsaturated/α-hetero) is 1. The van der Waals surface area contributed by atoms with E-state index in [-0.39, 0.29) is 32.3 Å². The van der Waals surface area contributed by atoms with Crippen LogP contribution in [0.5, 0.6) is 0 Å². The number of esters is 3. The number of alkyl halides is 1. The molecule has 0 saturated carbocycles. The molecule has 3 fully saturated rings. The fourth-order valence-electron chi connectivity index (χ4n) is 9.21. The van der Waals surface area contributed by atoms with Crippen LogP contribution in [0.1, 0.15) is 115 Å². The van der Waals surface area contributed by atoms with Crippen LogP contribution in [0.2, 0.25) is 0 Å². The number of hydrogen-bond acceptors (Lipinski definition) is 17. The number of nitrogens with zero attached hydrogens (tertiary/aromatic N) is 1. The van der Waals surface area contributed by atoms with Gasteiger partial charge in [-0.3, -0.25) is 19.2 Å². The topological polar surface area (TPSA) is 226 Å². The van der Waals surface area contributed by atoms with Gasteiger partial charge >= 0.3 is 17.9 Å². The molecular weight excluding hydrogens is 805 g/mol. The highest BCUT2D eigenvalue weighted by molar-refractivity contribution is 5.89. The highest BCUT2D eigenvalue weighted by Gasteiger charge is 2.56. The Kier molecular flexibility index (Phi) is 18.3. The molecule has 0 radical (unpaired) electrons. The van der Waals surface area contributed by atoms with E-state index in [2.05, 4.69) is 0 Å². The Bertz CT molecular complexity index is 1490. The third kappa shape index (κ3) is 12.5. The SMILES string of the molecule is CCOC(=O)CCC(=O)O[C@@H]1[C@H](O[C@H]2[C@@H](C)[C@H](O[C@@H]3C[C@@](C)(OC)[C@H](O)[C@H](C)O3)[C@@H](C)C(=O)O[C@H](CC)[C@](C)(O)[C@@H](O)[C@H](C)C(=O)[C@](C)(F)C[C@@]2(C)O)O[C@H](C)C[C@@H]1N(C)C. The summed E-state index contributed by atoms with van der Waals surface area (Å²) in [5, 5.41) is 46.6. The van der Waals surface area contributed by atoms with Crippen LogP contribution in [0.15, 0.2) is 0 Å². The first-order chi connectivity index (χ1) is 28.1. The average Bonchev–Trinajstić information content (AvgIpc) is 3.17. The van der Waals surface area contributed by atoms with Crippen molar-refractivity contribution in [2.45, 2.75) is 205 Å². The second-order valence-corrected chi connectivity index (χ2v) is 18.5. The number of aliphatic hydroxyl groups is 4. The number of hydrogen-bond donors (Lipinski definition) is 4. The molecule has 3 aliphatic heterocycles. The van der Waals surface area contributed by atoms with Gasteiger partial charge in [0, 0.05) is 31.8 Å². The van der Waals surface area contributed by atoms with Gasteiger partial charge in [-0.2, -0.15) is 0 Å². The third-order valence-corrected chi connectivity index (χ3v) is 12.9. The van der Waals surface area contributed by atoms with Gasteiger partial charge in [-0.05, 0) is 82.3 Å². The summed E-state index contributed by atoms with van der Waals surface area (Å²) in [7, 11) is 4.96. The zero-order valence-corrected chi connectivity index (χ0v) is 38.5. The summed E-state index contributed by atoms with van der Waals surface area (Å²) in [6.07, 6.45) is -13.4. The maximum Gasteiger partial charge on any atom is 0.311 e. The van der Waals surface area contributed by atoms with Gasteiger partial charge in [-0.1, -0.05) is 20.8 Å². The lowest BCUT2D eigenvalue weighted by atomic mass is 9.73. The lowest BCUT2D eigenvalue weighted by Crippen LogP contribution is -2.62. The molecule has 0 bridgehead atoms. The maximum atomic E-state index is 17.1. The Morgan fingerprint density at radius 3 is 2.05 bits per heavy atom. The summed E-state index contributed by atoms with van der Waals surface area (Å²) in [4.78, 5) is 55.5. The van der Waals surface area contributed by atoms with Crippen LogP contribution in [0.4, 0.5) is 4.39 Å². The molecule has 0 aromatic rings. The molecule has 18 atom stereocenters. The smallest absolute Gasteiger partial charge is 0.311 e. The van der Waals surface area contributed by atoms with Crippen LogP contribution in [-0.2, 0) is 57.1 Å². The van der Waals surface area contributed by atoms with Crippen molar-refractivity contribution in [2.24, 2.45) is 17.8 Å². The Morgan fingerprint density at radius 2 is 1.49 bits per heavy atom. The van der Waals surface area contributed by atoms with Crippen LogP contribution in [0.25, 0.3) is 0 Å². The molecule has 61 heavy (non-hydrogen) atoms. The van der Waals surface area contributed by atoms with Gasteiger partial charge in [-0.15, -0.1) is 0 Å². The monoisotopic (exact) mass is 879 g/mol. The van der Waals surface area contributed by atoms with E-state index < -0.39 is 138 Å². The van der Waals surface area contributed by atoms with Gasteiger partial charge in [0.15, 0.2) is 30.1 Å². The number of aliphatic hydroxyl groups excluding tert-OH is 2. The molecule has 354 valence electrons. The van der Waals surface area contributed by atoms with Crippen molar-refractivity contribution in [1.29, 1.82) is 0 Å². The van der Waals surface area contributed by atoms with Crippen molar-refractivity contribution in [1.82, 2.24) is 4.90 Å². The van der Waals surface area contributed by atoms with Gasteiger partial charge in [0.2, 0.25) is 0 Å². The van der Waals surface area contributed by atoms with Crippen molar-refractivity contribution >= 4 is 23.7 Å². The quantitative estimate of drug-likeness (QED) is 0.163. The molecule has 0 amide bonds. The highest BCUT2D eigenvalue weighted by atomic mass is 19.1. The normalized spacial score (nSPS) is 44.5. The molecule has 0 unspecified atom stereocenters. The van der Waals surface area contributed by atoms with Crippen LogP contribution in [-0.4, -0.2) is 167 Å². The Hall–Kier alpha value is -2.39. The summed E-state index contributed by atoms with van der Waals surface area (Å²) in [6, 6.07) is -0.524. The van der Waals surface area contributed by atoms with E-state index in [1.807, 2.05) is 4.90 Å². The van der Waals surface area contributed by atoms with Gasteiger partial charge in [0.05, 0.1) is 73.1 Å². The molecule has 3 aliphatic rings. The lowest BCUT2D eigenvalue weighted by molar-refractivity contribution is -0.319. The summed E-state index contributed by atoms with van der Waals surface area (Å²) in [5.74, 6) is -7.30. The number of ether oxygens (including phenoxy) is 8.